The Kier molecular flexibility index (Phi) is 3.43. The summed E-state index contributed by atoms with van der Waals surface area (Å²) in [5.74, 6) is 0. The highest BCUT2D eigenvalue weighted by Crippen LogP contribution is 2.22. The van der Waals surface area contributed by atoms with Crippen LogP contribution in [0, 0.1) is 10.1 Å². The summed E-state index contributed by atoms with van der Waals surface area (Å²) in [5.41, 5.74) is -0.942. The Morgan fingerprint density at radius 1 is 1.42 bits per heavy atom. The van der Waals surface area contributed by atoms with Crippen LogP contribution in [0.4, 0.5) is 5.69 Å². The number of hydrogen-bond donors (Lipinski definition) is 1. The molecule has 1 heterocycles. The number of H-pyrrole nitrogens is 1. The van der Waals surface area contributed by atoms with Gasteiger partial charge in [-0.15, -0.1) is 0 Å². The Morgan fingerprint density at radius 2 is 2.16 bits per heavy atom. The van der Waals surface area contributed by atoms with E-state index in [9.17, 15) is 19.7 Å². The predicted molar refractivity (Wildman–Crippen MR) is 66.3 cm³/mol. The topological polar surface area (TPSA) is 111 Å². The van der Waals surface area contributed by atoms with Crippen LogP contribution in [0.25, 0.3) is 0 Å². The van der Waals surface area contributed by atoms with Crippen molar-refractivity contribution in [2.45, 2.75) is 6.54 Å². The monoisotopic (exact) mass is 282 g/mol. The zero-order valence-electron chi connectivity index (χ0n) is 9.37. The van der Waals surface area contributed by atoms with Gasteiger partial charge in [-0.1, -0.05) is 11.6 Å². The third-order valence-corrected chi connectivity index (χ3v) is 2.70. The van der Waals surface area contributed by atoms with Gasteiger partial charge in [0, 0.05) is 12.1 Å². The van der Waals surface area contributed by atoms with Crippen molar-refractivity contribution < 1.29 is 4.92 Å². The molecule has 8 nitrogen and oxygen atoms in total. The first-order valence-corrected chi connectivity index (χ1v) is 5.44. The van der Waals surface area contributed by atoms with Crippen molar-refractivity contribution in [2.24, 2.45) is 0 Å². The summed E-state index contributed by atoms with van der Waals surface area (Å²) in [6.07, 6.45) is 0.959. The number of nitrogens with one attached hydrogen (secondary N) is 1. The number of benzene rings is 1. The molecule has 98 valence electrons. The van der Waals surface area contributed by atoms with Crippen LogP contribution in [-0.2, 0) is 6.54 Å². The van der Waals surface area contributed by atoms with E-state index in [0.29, 0.717) is 5.56 Å². The van der Waals surface area contributed by atoms with Crippen molar-refractivity contribution in [1.82, 2.24) is 14.8 Å². The van der Waals surface area contributed by atoms with Crippen LogP contribution in [0.1, 0.15) is 5.56 Å². The van der Waals surface area contributed by atoms with Gasteiger partial charge in [0.2, 0.25) is 0 Å². The van der Waals surface area contributed by atoms with Crippen LogP contribution in [0.3, 0.4) is 0 Å². The summed E-state index contributed by atoms with van der Waals surface area (Å²) in [6.45, 7) is 0.00639. The van der Waals surface area contributed by atoms with Crippen LogP contribution < -0.4 is 11.2 Å². The highest BCUT2D eigenvalue weighted by atomic mass is 35.5. The highest BCUT2D eigenvalue weighted by Gasteiger charge is 2.10. The standard InChI is InChI=1S/C10H7ClN4O4/c11-8-3-7(15(18)19)2-1-6(8)5-14-10(17)13-9(16)4-12-14/h1-4H,5H2,(H,13,16,17). The zero-order chi connectivity index (χ0) is 14.0. The fourth-order valence-corrected chi connectivity index (χ4v) is 1.66. The Balaban J connectivity index is 2.36. The van der Waals surface area contributed by atoms with E-state index in [-0.39, 0.29) is 17.3 Å². The number of aromatic amines is 1. The van der Waals surface area contributed by atoms with Crippen molar-refractivity contribution in [3.8, 4) is 0 Å². The van der Waals surface area contributed by atoms with Gasteiger partial charge in [-0.05, 0) is 11.6 Å². The molecule has 2 rings (SSSR count). The molecule has 0 bridgehead atoms. The summed E-state index contributed by atoms with van der Waals surface area (Å²) in [7, 11) is 0. The number of nitro groups is 1. The molecular weight excluding hydrogens is 276 g/mol. The molecule has 0 atom stereocenters. The van der Waals surface area contributed by atoms with E-state index in [2.05, 4.69) is 5.10 Å². The van der Waals surface area contributed by atoms with Gasteiger partial charge in [-0.25, -0.2) is 9.48 Å². The van der Waals surface area contributed by atoms with E-state index < -0.39 is 16.2 Å². The number of non-ortho nitro benzene ring substituents is 1. The van der Waals surface area contributed by atoms with Gasteiger partial charge in [0.05, 0.1) is 16.5 Å². The number of nitrogens with zero attached hydrogens (tertiary/aromatic N) is 3. The summed E-state index contributed by atoms with van der Waals surface area (Å²) in [5, 5.41) is 14.3. The second-order valence-electron chi connectivity index (χ2n) is 3.63. The summed E-state index contributed by atoms with van der Waals surface area (Å²) >= 11 is 5.89. The molecule has 1 N–H and O–H groups in total. The molecule has 0 aliphatic rings. The maximum atomic E-state index is 11.4. The highest BCUT2D eigenvalue weighted by molar-refractivity contribution is 6.31. The van der Waals surface area contributed by atoms with Gasteiger partial charge in [-0.2, -0.15) is 5.10 Å². The lowest BCUT2D eigenvalue weighted by Crippen LogP contribution is -2.31. The van der Waals surface area contributed by atoms with Crippen LogP contribution in [0.5, 0.6) is 0 Å². The van der Waals surface area contributed by atoms with Crippen molar-refractivity contribution in [1.29, 1.82) is 0 Å². The molecule has 0 radical (unpaired) electrons. The number of aromatic nitrogens is 3. The summed E-state index contributed by atoms with van der Waals surface area (Å²) in [4.78, 5) is 34.3. The maximum Gasteiger partial charge on any atom is 0.345 e. The van der Waals surface area contributed by atoms with Gasteiger partial charge in [0.1, 0.15) is 6.20 Å². The molecule has 9 heteroatoms. The lowest BCUT2D eigenvalue weighted by Gasteiger charge is -2.05. The molecule has 0 aliphatic carbocycles. The molecule has 0 fully saturated rings. The van der Waals surface area contributed by atoms with Crippen molar-refractivity contribution in [3.05, 3.63) is 65.9 Å². The largest absolute Gasteiger partial charge is 0.345 e. The van der Waals surface area contributed by atoms with E-state index in [4.69, 9.17) is 11.6 Å². The molecule has 0 saturated heterocycles. The maximum absolute atomic E-state index is 11.4. The fourth-order valence-electron chi connectivity index (χ4n) is 1.43. The van der Waals surface area contributed by atoms with E-state index in [1.807, 2.05) is 4.98 Å². The summed E-state index contributed by atoms with van der Waals surface area (Å²) in [6, 6.07) is 3.89. The second kappa shape index (κ2) is 5.02. The average molecular weight is 283 g/mol. The molecule has 1 aromatic heterocycles. The van der Waals surface area contributed by atoms with E-state index in [1.54, 1.807) is 0 Å². The third-order valence-electron chi connectivity index (χ3n) is 2.35. The van der Waals surface area contributed by atoms with Gasteiger partial charge >= 0.3 is 5.69 Å². The van der Waals surface area contributed by atoms with Crippen molar-refractivity contribution in [3.63, 3.8) is 0 Å². The molecular formula is C10H7ClN4O4. The Bertz CT molecular complexity index is 752. The first-order valence-electron chi connectivity index (χ1n) is 5.06. The number of rotatable bonds is 3. The third kappa shape index (κ3) is 2.86. The lowest BCUT2D eigenvalue weighted by atomic mass is 10.2. The number of halogens is 1. The first-order chi connectivity index (χ1) is 8.97. The Labute approximate surface area is 110 Å². The van der Waals surface area contributed by atoms with Crippen molar-refractivity contribution >= 4 is 17.3 Å². The molecule has 0 amide bonds. The molecule has 19 heavy (non-hydrogen) atoms. The zero-order valence-corrected chi connectivity index (χ0v) is 10.1. The van der Waals surface area contributed by atoms with E-state index in [0.717, 1.165) is 10.9 Å². The Morgan fingerprint density at radius 3 is 2.74 bits per heavy atom. The normalized spacial score (nSPS) is 10.4. The SMILES string of the molecule is O=c1cnn(Cc2ccc([N+](=O)[O-])cc2Cl)c(=O)[nH]1. The van der Waals surface area contributed by atoms with Crippen molar-refractivity contribution in [2.75, 3.05) is 0 Å². The molecule has 1 aromatic carbocycles. The van der Waals surface area contributed by atoms with Crippen LogP contribution in [0.2, 0.25) is 5.02 Å². The van der Waals surface area contributed by atoms with E-state index in [1.165, 1.54) is 18.2 Å². The number of nitro benzene ring substituents is 1. The minimum atomic E-state index is -0.679. The quantitative estimate of drug-likeness (QED) is 0.652. The molecule has 0 saturated carbocycles. The van der Waals surface area contributed by atoms with Gasteiger partial charge in [0.25, 0.3) is 11.2 Å². The van der Waals surface area contributed by atoms with Crippen LogP contribution in [0.15, 0.2) is 34.0 Å². The molecule has 0 spiro atoms. The van der Waals surface area contributed by atoms with Gasteiger partial charge in [-0.3, -0.25) is 19.9 Å². The first kappa shape index (κ1) is 13.0. The lowest BCUT2D eigenvalue weighted by molar-refractivity contribution is -0.384. The van der Waals surface area contributed by atoms with Crippen LogP contribution >= 0.6 is 11.6 Å². The molecule has 0 aliphatic heterocycles. The fraction of sp³-hybridized carbons (Fsp3) is 0.100. The molecule has 0 unspecified atom stereocenters. The average Bonchev–Trinajstić information content (AvgIpc) is 2.34. The van der Waals surface area contributed by atoms with E-state index >= 15 is 0 Å². The Hall–Kier alpha value is -2.48. The number of hydrogen-bond acceptors (Lipinski definition) is 5. The minimum Gasteiger partial charge on any atom is -0.271 e. The predicted octanol–water partition coefficient (Wildman–Crippen LogP) is 0.541. The van der Waals surface area contributed by atoms with Crippen LogP contribution in [-0.4, -0.2) is 19.7 Å². The smallest absolute Gasteiger partial charge is 0.271 e. The summed E-state index contributed by atoms with van der Waals surface area (Å²) < 4.78 is 0.994. The minimum absolute atomic E-state index is 0.00639. The molecule has 2 aromatic rings. The van der Waals surface area contributed by atoms with Gasteiger partial charge in [0.15, 0.2) is 0 Å². The van der Waals surface area contributed by atoms with Gasteiger partial charge < -0.3 is 0 Å². The second-order valence-corrected chi connectivity index (χ2v) is 4.04.